The van der Waals surface area contributed by atoms with Gasteiger partial charge in [-0.2, -0.15) is 0 Å². The van der Waals surface area contributed by atoms with E-state index >= 15 is 0 Å². The summed E-state index contributed by atoms with van der Waals surface area (Å²) in [6.45, 7) is 3.39. The van der Waals surface area contributed by atoms with Gasteiger partial charge in [0, 0.05) is 12.3 Å². The number of aromatic nitrogens is 1. The molecule has 0 atom stereocenters. The van der Waals surface area contributed by atoms with E-state index < -0.39 is 4.92 Å². The molecule has 0 saturated carbocycles. The highest BCUT2D eigenvalue weighted by molar-refractivity contribution is 6.30. The van der Waals surface area contributed by atoms with Crippen LogP contribution in [0.5, 0.6) is 0 Å². The molecule has 5 heteroatoms. The zero-order valence-corrected chi connectivity index (χ0v) is 6.78. The first-order valence-corrected chi connectivity index (χ1v) is 3.45. The Balaban J connectivity index is 3.30. The summed E-state index contributed by atoms with van der Waals surface area (Å²) in [6, 6.07) is 1.24. The van der Waals surface area contributed by atoms with Gasteiger partial charge in [-0.15, -0.1) is 0 Å². The van der Waals surface area contributed by atoms with Crippen LogP contribution in [-0.2, 0) is 0 Å². The average Bonchev–Trinajstić information content (AvgIpc) is 2.04. The van der Waals surface area contributed by atoms with Crippen LogP contribution in [0.15, 0.2) is 18.8 Å². The Hall–Kier alpha value is -1.42. The van der Waals surface area contributed by atoms with Crippen LogP contribution in [0.25, 0.3) is 6.08 Å². The number of hydrogen-bond acceptors (Lipinski definition) is 3. The number of hydrogen-bond donors (Lipinski definition) is 0. The number of rotatable bonds is 2. The van der Waals surface area contributed by atoms with Crippen LogP contribution in [0, 0.1) is 10.1 Å². The predicted molar refractivity (Wildman–Crippen MR) is 46.0 cm³/mol. The van der Waals surface area contributed by atoms with Crippen molar-refractivity contribution in [3.05, 3.63) is 39.7 Å². The van der Waals surface area contributed by atoms with Crippen molar-refractivity contribution in [1.82, 2.24) is 4.98 Å². The monoisotopic (exact) mass is 184 g/mol. The molecule has 0 saturated heterocycles. The highest BCUT2D eigenvalue weighted by Crippen LogP contribution is 2.20. The Labute approximate surface area is 73.6 Å². The lowest BCUT2D eigenvalue weighted by atomic mass is 10.3. The van der Waals surface area contributed by atoms with Gasteiger partial charge in [0.25, 0.3) is 5.69 Å². The molecule has 12 heavy (non-hydrogen) atoms. The fourth-order valence-electron chi connectivity index (χ4n) is 0.743. The van der Waals surface area contributed by atoms with Crippen LogP contribution >= 0.6 is 11.6 Å². The molecule has 1 aromatic rings. The molecule has 0 spiro atoms. The first-order chi connectivity index (χ1) is 5.65. The van der Waals surface area contributed by atoms with Crippen molar-refractivity contribution in [3.63, 3.8) is 0 Å². The molecule has 1 rings (SSSR count). The van der Waals surface area contributed by atoms with E-state index in [9.17, 15) is 10.1 Å². The fraction of sp³-hybridized carbons (Fsp3) is 0. The normalized spacial score (nSPS) is 9.42. The summed E-state index contributed by atoms with van der Waals surface area (Å²) in [5.74, 6) is 0. The summed E-state index contributed by atoms with van der Waals surface area (Å²) in [5, 5.41) is 10.6. The molecule has 4 nitrogen and oxygen atoms in total. The molecule has 0 bridgehead atoms. The molecular weight excluding hydrogens is 180 g/mol. The van der Waals surface area contributed by atoms with E-state index in [-0.39, 0.29) is 16.4 Å². The lowest BCUT2D eigenvalue weighted by Gasteiger charge is -1.95. The van der Waals surface area contributed by atoms with E-state index in [0.29, 0.717) is 0 Å². The lowest BCUT2D eigenvalue weighted by Crippen LogP contribution is -1.93. The van der Waals surface area contributed by atoms with Gasteiger partial charge in [0.1, 0.15) is 5.69 Å². The third kappa shape index (κ3) is 1.60. The minimum atomic E-state index is -0.546. The predicted octanol–water partition coefficient (Wildman–Crippen LogP) is 2.29. The fourth-order valence-corrected chi connectivity index (χ4v) is 0.895. The molecule has 0 N–H and O–H groups in total. The maximum atomic E-state index is 10.4. The first-order valence-electron chi connectivity index (χ1n) is 3.07. The zero-order chi connectivity index (χ0) is 9.14. The zero-order valence-electron chi connectivity index (χ0n) is 6.03. The van der Waals surface area contributed by atoms with Crippen LogP contribution in [0.2, 0.25) is 5.02 Å². The number of halogens is 1. The molecule has 62 valence electrons. The van der Waals surface area contributed by atoms with E-state index in [1.165, 1.54) is 18.3 Å². The van der Waals surface area contributed by atoms with Crippen molar-refractivity contribution in [1.29, 1.82) is 0 Å². The third-order valence-corrected chi connectivity index (χ3v) is 1.46. The molecule has 0 aliphatic carbocycles. The summed E-state index contributed by atoms with van der Waals surface area (Å²) in [4.78, 5) is 13.6. The van der Waals surface area contributed by atoms with Crippen molar-refractivity contribution < 1.29 is 4.92 Å². The quantitative estimate of drug-likeness (QED) is 0.523. The molecule has 0 aliphatic rings. The van der Waals surface area contributed by atoms with Crippen molar-refractivity contribution >= 4 is 23.4 Å². The van der Waals surface area contributed by atoms with Gasteiger partial charge in [-0.25, -0.2) is 4.98 Å². The van der Waals surface area contributed by atoms with Crippen LogP contribution in [0.3, 0.4) is 0 Å². The van der Waals surface area contributed by atoms with Gasteiger partial charge in [-0.1, -0.05) is 18.2 Å². The Morgan fingerprint density at radius 2 is 2.42 bits per heavy atom. The van der Waals surface area contributed by atoms with Crippen LogP contribution in [0.1, 0.15) is 5.69 Å². The minimum Gasteiger partial charge on any atom is -0.258 e. The van der Waals surface area contributed by atoms with Crippen molar-refractivity contribution in [3.8, 4) is 0 Å². The molecule has 1 aromatic heterocycles. The summed E-state index contributed by atoms with van der Waals surface area (Å²) in [5.41, 5.74) is 0.0990. The largest absolute Gasteiger partial charge is 0.296 e. The first kappa shape index (κ1) is 8.67. The molecule has 0 aliphatic heterocycles. The van der Waals surface area contributed by atoms with Gasteiger partial charge < -0.3 is 0 Å². The van der Waals surface area contributed by atoms with Gasteiger partial charge in [-0.3, -0.25) is 10.1 Å². The van der Waals surface area contributed by atoms with Gasteiger partial charge in [-0.05, 0) is 6.08 Å². The molecule has 0 radical (unpaired) electrons. The molecule has 0 unspecified atom stereocenters. The highest BCUT2D eigenvalue weighted by atomic mass is 35.5. The second kappa shape index (κ2) is 3.32. The minimum absolute atomic E-state index is 0.127. The Morgan fingerprint density at radius 1 is 1.75 bits per heavy atom. The second-order valence-corrected chi connectivity index (χ2v) is 2.46. The Kier molecular flexibility index (Phi) is 2.40. The topological polar surface area (TPSA) is 56.0 Å². The standard InChI is InChI=1S/C7H5ClN2O2/c1-2-6-7(10(11)12)3-5(8)4-9-6/h2-4H,1H2. The maximum absolute atomic E-state index is 10.4. The average molecular weight is 185 g/mol. The number of nitro groups is 1. The lowest BCUT2D eigenvalue weighted by molar-refractivity contribution is -0.385. The molecular formula is C7H5ClN2O2. The maximum Gasteiger partial charge on any atom is 0.296 e. The molecule has 1 heterocycles. The van der Waals surface area contributed by atoms with Crippen LogP contribution in [0.4, 0.5) is 5.69 Å². The van der Waals surface area contributed by atoms with E-state index in [1.807, 2.05) is 0 Å². The summed E-state index contributed by atoms with van der Waals surface area (Å²) in [6.07, 6.45) is 2.65. The Bertz CT molecular complexity index is 338. The van der Waals surface area contributed by atoms with E-state index in [2.05, 4.69) is 11.6 Å². The SMILES string of the molecule is C=Cc1ncc(Cl)cc1[N+](=O)[O-]. The molecule has 0 aromatic carbocycles. The van der Waals surface area contributed by atoms with Gasteiger partial charge in [0.2, 0.25) is 0 Å². The van der Waals surface area contributed by atoms with E-state index in [1.54, 1.807) is 0 Å². The van der Waals surface area contributed by atoms with Crippen LogP contribution in [-0.4, -0.2) is 9.91 Å². The molecule has 0 fully saturated rings. The summed E-state index contributed by atoms with van der Waals surface area (Å²) < 4.78 is 0. The Morgan fingerprint density at radius 3 is 2.92 bits per heavy atom. The van der Waals surface area contributed by atoms with E-state index in [4.69, 9.17) is 11.6 Å². The molecule has 0 amide bonds. The van der Waals surface area contributed by atoms with Gasteiger partial charge in [0.15, 0.2) is 0 Å². The van der Waals surface area contributed by atoms with Crippen LogP contribution < -0.4 is 0 Å². The second-order valence-electron chi connectivity index (χ2n) is 2.02. The van der Waals surface area contributed by atoms with Crippen molar-refractivity contribution in [2.24, 2.45) is 0 Å². The van der Waals surface area contributed by atoms with Crippen molar-refractivity contribution in [2.45, 2.75) is 0 Å². The number of pyridine rings is 1. The number of nitrogens with zero attached hydrogens (tertiary/aromatic N) is 2. The highest BCUT2D eigenvalue weighted by Gasteiger charge is 2.12. The third-order valence-electron chi connectivity index (χ3n) is 1.25. The van der Waals surface area contributed by atoms with E-state index in [0.717, 1.165) is 0 Å². The summed E-state index contributed by atoms with van der Waals surface area (Å²) in [7, 11) is 0. The van der Waals surface area contributed by atoms with Gasteiger partial charge >= 0.3 is 0 Å². The summed E-state index contributed by atoms with van der Waals surface area (Å²) >= 11 is 5.52. The van der Waals surface area contributed by atoms with Gasteiger partial charge in [0.05, 0.1) is 9.95 Å². The van der Waals surface area contributed by atoms with Crippen molar-refractivity contribution in [2.75, 3.05) is 0 Å². The smallest absolute Gasteiger partial charge is 0.258 e.